The number of halogens is 3. The summed E-state index contributed by atoms with van der Waals surface area (Å²) in [6.07, 6.45) is -4.44. The van der Waals surface area contributed by atoms with Crippen molar-refractivity contribution in [3.05, 3.63) is 59.7 Å². The Kier molecular flexibility index (Phi) is 4.85. The molecule has 0 aliphatic carbocycles. The molecule has 0 atom stereocenters. The van der Waals surface area contributed by atoms with E-state index in [1.807, 2.05) is 0 Å². The molecule has 2 rings (SSSR count). The third kappa shape index (κ3) is 4.68. The Bertz CT molecular complexity index is 747. The van der Waals surface area contributed by atoms with Gasteiger partial charge in [0.25, 0.3) is 0 Å². The molecule has 0 fully saturated rings. The average molecular weight is 340 g/mol. The predicted molar refractivity (Wildman–Crippen MR) is 84.7 cm³/mol. The zero-order valence-corrected chi connectivity index (χ0v) is 12.3. The molecule has 4 nitrogen and oxygen atoms in total. The molecule has 8 heteroatoms. The summed E-state index contributed by atoms with van der Waals surface area (Å²) in [5.41, 5.74) is -0.142. The van der Waals surface area contributed by atoms with Crippen LogP contribution >= 0.6 is 12.2 Å². The van der Waals surface area contributed by atoms with E-state index in [4.69, 9.17) is 17.3 Å². The van der Waals surface area contributed by atoms with Gasteiger partial charge in [0.1, 0.15) is 0 Å². The fraction of sp³-hybridized carbons (Fsp3) is 0.0667. The molecule has 0 unspecified atom stereocenters. The topological polar surface area (TPSA) is 61.4 Å². The van der Waals surface area contributed by atoms with Gasteiger partial charge in [0.15, 0.2) is 5.11 Å². The highest BCUT2D eigenvalue weighted by Gasteiger charge is 2.30. The molecule has 2 aromatic rings. The lowest BCUT2D eigenvalue weighted by atomic mass is 10.2. The summed E-state index contributed by atoms with van der Waals surface area (Å²) >= 11 is 5.01. The molecule has 0 bridgehead atoms. The molecule has 0 aliphatic heterocycles. The van der Waals surface area contributed by atoms with E-state index in [1.165, 1.54) is 30.3 Å². The van der Waals surface area contributed by atoms with Crippen LogP contribution < -0.4 is 10.6 Å². The van der Waals surface area contributed by atoms with Gasteiger partial charge in [0, 0.05) is 11.4 Å². The zero-order valence-electron chi connectivity index (χ0n) is 11.5. The van der Waals surface area contributed by atoms with Crippen molar-refractivity contribution in [1.29, 1.82) is 0 Å². The second kappa shape index (κ2) is 6.66. The molecule has 0 spiro atoms. The van der Waals surface area contributed by atoms with Gasteiger partial charge in [0.2, 0.25) is 0 Å². The van der Waals surface area contributed by atoms with E-state index in [0.29, 0.717) is 5.69 Å². The Morgan fingerprint density at radius 1 is 1.00 bits per heavy atom. The van der Waals surface area contributed by atoms with Crippen LogP contribution in [0.25, 0.3) is 0 Å². The van der Waals surface area contributed by atoms with Gasteiger partial charge in [-0.25, -0.2) is 4.79 Å². The third-order valence-electron chi connectivity index (χ3n) is 2.82. The number of hydrogen-bond acceptors (Lipinski definition) is 2. The van der Waals surface area contributed by atoms with Gasteiger partial charge in [-0.1, -0.05) is 12.1 Å². The molecular weight excluding hydrogens is 329 g/mol. The van der Waals surface area contributed by atoms with Gasteiger partial charge in [0.05, 0.1) is 11.1 Å². The molecule has 23 heavy (non-hydrogen) atoms. The van der Waals surface area contributed by atoms with Gasteiger partial charge in [-0.15, -0.1) is 0 Å². The number of carboxylic acid groups (broad SMARTS) is 1. The Morgan fingerprint density at radius 2 is 1.57 bits per heavy atom. The fourth-order valence-electron chi connectivity index (χ4n) is 1.80. The number of carboxylic acids is 1. The van der Waals surface area contributed by atoms with Crippen LogP contribution in [-0.4, -0.2) is 16.2 Å². The normalized spacial score (nSPS) is 10.9. The molecule has 0 aromatic heterocycles. The standard InChI is InChI=1S/C15H11F3N2O2S/c16-15(17,18)10-4-2-6-12(8-10)20-14(23)19-11-5-1-3-9(7-11)13(21)22/h1-8H,(H,21,22)(H2,19,20,23). The summed E-state index contributed by atoms with van der Waals surface area (Å²) < 4.78 is 37.9. The van der Waals surface area contributed by atoms with Crippen LogP contribution in [0.1, 0.15) is 15.9 Å². The molecular formula is C15H11F3N2O2S. The first-order valence-electron chi connectivity index (χ1n) is 6.34. The predicted octanol–water partition coefficient (Wildman–Crippen LogP) is 4.21. The van der Waals surface area contributed by atoms with Gasteiger partial charge < -0.3 is 15.7 Å². The lowest BCUT2D eigenvalue weighted by molar-refractivity contribution is -0.137. The smallest absolute Gasteiger partial charge is 0.416 e. The van der Waals surface area contributed by atoms with Crippen LogP contribution in [0.3, 0.4) is 0 Å². The molecule has 120 valence electrons. The Hall–Kier alpha value is -2.61. The summed E-state index contributed by atoms with van der Waals surface area (Å²) in [5.74, 6) is -1.09. The second-order valence-electron chi connectivity index (χ2n) is 4.54. The SMILES string of the molecule is O=C(O)c1cccc(NC(=S)Nc2cccc(C(F)(F)F)c2)c1. The van der Waals surface area contributed by atoms with Crippen molar-refractivity contribution in [3.63, 3.8) is 0 Å². The molecule has 2 aromatic carbocycles. The largest absolute Gasteiger partial charge is 0.478 e. The number of carbonyl (C=O) groups is 1. The maximum Gasteiger partial charge on any atom is 0.416 e. The highest BCUT2D eigenvalue weighted by Crippen LogP contribution is 2.30. The van der Waals surface area contributed by atoms with Crippen LogP contribution in [0.2, 0.25) is 0 Å². The van der Waals surface area contributed by atoms with Crippen molar-refractivity contribution in [1.82, 2.24) is 0 Å². The second-order valence-corrected chi connectivity index (χ2v) is 4.95. The number of hydrogen-bond donors (Lipinski definition) is 3. The van der Waals surface area contributed by atoms with Gasteiger partial charge in [-0.2, -0.15) is 13.2 Å². The van der Waals surface area contributed by atoms with Gasteiger partial charge >= 0.3 is 12.1 Å². The molecule has 0 heterocycles. The minimum atomic E-state index is -4.44. The number of aromatic carboxylic acids is 1. The first kappa shape index (κ1) is 16.8. The number of anilines is 2. The first-order valence-corrected chi connectivity index (χ1v) is 6.75. The number of alkyl halides is 3. The number of thiocarbonyl (C=S) groups is 1. The summed E-state index contributed by atoms with van der Waals surface area (Å²) in [6, 6.07) is 10.5. The first-order chi connectivity index (χ1) is 10.8. The van der Waals surface area contributed by atoms with Crippen molar-refractivity contribution in [2.75, 3.05) is 10.6 Å². The van der Waals surface area contributed by atoms with E-state index < -0.39 is 17.7 Å². The van der Waals surface area contributed by atoms with Crippen molar-refractivity contribution in [3.8, 4) is 0 Å². The average Bonchev–Trinajstić information content (AvgIpc) is 2.46. The quantitative estimate of drug-likeness (QED) is 0.731. The maximum absolute atomic E-state index is 12.6. The summed E-state index contributed by atoms with van der Waals surface area (Å²) in [5, 5.41) is 14.3. The number of benzene rings is 2. The molecule has 3 N–H and O–H groups in total. The van der Waals surface area contributed by atoms with Crippen LogP contribution in [0.15, 0.2) is 48.5 Å². The van der Waals surface area contributed by atoms with Gasteiger partial charge in [-0.05, 0) is 48.6 Å². The molecule has 0 aliphatic rings. The summed E-state index contributed by atoms with van der Waals surface area (Å²) in [4.78, 5) is 10.9. The van der Waals surface area contributed by atoms with E-state index in [2.05, 4.69) is 10.6 Å². The summed E-state index contributed by atoms with van der Waals surface area (Å²) in [6.45, 7) is 0. The molecule has 0 saturated heterocycles. The summed E-state index contributed by atoms with van der Waals surface area (Å²) in [7, 11) is 0. The van der Waals surface area contributed by atoms with E-state index in [9.17, 15) is 18.0 Å². The van der Waals surface area contributed by atoms with Crippen LogP contribution in [0.4, 0.5) is 24.5 Å². The van der Waals surface area contributed by atoms with Gasteiger partial charge in [-0.3, -0.25) is 0 Å². The fourth-order valence-corrected chi connectivity index (χ4v) is 2.03. The Labute approximate surface area is 134 Å². The highest BCUT2D eigenvalue weighted by molar-refractivity contribution is 7.80. The zero-order chi connectivity index (χ0) is 17.0. The lowest BCUT2D eigenvalue weighted by Gasteiger charge is -2.13. The van der Waals surface area contributed by atoms with Crippen LogP contribution in [0, 0.1) is 0 Å². The van der Waals surface area contributed by atoms with Crippen LogP contribution in [0.5, 0.6) is 0 Å². The minimum Gasteiger partial charge on any atom is -0.478 e. The Morgan fingerprint density at radius 3 is 2.13 bits per heavy atom. The van der Waals surface area contributed by atoms with Crippen molar-refractivity contribution < 1.29 is 23.1 Å². The van der Waals surface area contributed by atoms with Crippen molar-refractivity contribution in [2.24, 2.45) is 0 Å². The van der Waals surface area contributed by atoms with E-state index in [1.54, 1.807) is 6.07 Å². The third-order valence-corrected chi connectivity index (χ3v) is 3.02. The number of rotatable bonds is 3. The van der Waals surface area contributed by atoms with Crippen LogP contribution in [-0.2, 0) is 6.18 Å². The molecule has 0 radical (unpaired) electrons. The van der Waals surface area contributed by atoms with E-state index in [0.717, 1.165) is 12.1 Å². The molecule has 0 saturated carbocycles. The van der Waals surface area contributed by atoms with Crippen molar-refractivity contribution in [2.45, 2.75) is 6.18 Å². The van der Waals surface area contributed by atoms with E-state index >= 15 is 0 Å². The minimum absolute atomic E-state index is 0.0480. The highest BCUT2D eigenvalue weighted by atomic mass is 32.1. The van der Waals surface area contributed by atoms with Crippen molar-refractivity contribution >= 4 is 34.7 Å². The Balaban J connectivity index is 2.08. The lowest BCUT2D eigenvalue weighted by Crippen LogP contribution is -2.19. The van der Waals surface area contributed by atoms with E-state index in [-0.39, 0.29) is 16.4 Å². The maximum atomic E-state index is 12.6. The molecule has 0 amide bonds. The monoisotopic (exact) mass is 340 g/mol. The number of nitrogens with one attached hydrogen (secondary N) is 2.